The lowest BCUT2D eigenvalue weighted by Gasteiger charge is -2.10. The molecule has 9 heteroatoms. The van der Waals surface area contributed by atoms with Gasteiger partial charge < -0.3 is 14.5 Å². The fraction of sp³-hybridized carbons (Fsp3) is 0.0870. The molecule has 1 heterocycles. The van der Waals surface area contributed by atoms with E-state index >= 15 is 0 Å². The maximum Gasteiger partial charge on any atom is 0.277 e. The van der Waals surface area contributed by atoms with Crippen LogP contribution in [0.1, 0.15) is 5.89 Å². The number of aromatic nitrogens is 2. The molecule has 162 valence electrons. The van der Waals surface area contributed by atoms with Crippen molar-refractivity contribution in [2.45, 2.75) is 21.6 Å². The van der Waals surface area contributed by atoms with Crippen LogP contribution in [-0.4, -0.2) is 21.9 Å². The van der Waals surface area contributed by atoms with Crippen LogP contribution in [0.25, 0.3) is 0 Å². The molecular weight excluding hydrogens is 466 g/mol. The van der Waals surface area contributed by atoms with Gasteiger partial charge in [0.05, 0.1) is 16.5 Å². The van der Waals surface area contributed by atoms with Gasteiger partial charge in [-0.05, 0) is 36.4 Å². The van der Waals surface area contributed by atoms with Gasteiger partial charge in [0.1, 0.15) is 5.75 Å². The molecule has 0 unspecified atom stereocenters. The Morgan fingerprint density at radius 2 is 1.72 bits per heavy atom. The van der Waals surface area contributed by atoms with Crippen molar-refractivity contribution in [1.29, 1.82) is 0 Å². The number of hydrogen-bond acceptors (Lipinski definition) is 7. The first-order valence-corrected chi connectivity index (χ1v) is 11.8. The zero-order valence-corrected chi connectivity index (χ0v) is 19.1. The number of anilines is 1. The Bertz CT molecular complexity index is 1190. The van der Waals surface area contributed by atoms with Gasteiger partial charge in [-0.1, -0.05) is 77.6 Å². The maximum atomic E-state index is 12.5. The summed E-state index contributed by atoms with van der Waals surface area (Å²) in [5.41, 5.74) is 0.756. The molecule has 6 nitrogen and oxygen atoms in total. The zero-order chi connectivity index (χ0) is 22.2. The normalized spacial score (nSPS) is 10.7. The lowest BCUT2D eigenvalue weighted by molar-refractivity contribution is -0.113. The van der Waals surface area contributed by atoms with E-state index in [1.54, 1.807) is 23.9 Å². The molecule has 0 radical (unpaired) electrons. The molecule has 0 fully saturated rings. The molecule has 3 aromatic carbocycles. The number of amides is 1. The summed E-state index contributed by atoms with van der Waals surface area (Å²) >= 11 is 8.82. The summed E-state index contributed by atoms with van der Waals surface area (Å²) in [6.07, 6.45) is 0. The molecule has 0 bridgehead atoms. The third kappa shape index (κ3) is 6.29. The summed E-state index contributed by atoms with van der Waals surface area (Å²) in [6, 6.07) is 24.8. The summed E-state index contributed by atoms with van der Waals surface area (Å²) in [4.78, 5) is 14.5. The van der Waals surface area contributed by atoms with Crippen LogP contribution in [0.15, 0.2) is 98.3 Å². The smallest absolute Gasteiger partial charge is 0.277 e. The molecule has 32 heavy (non-hydrogen) atoms. The zero-order valence-electron chi connectivity index (χ0n) is 16.7. The van der Waals surface area contributed by atoms with Crippen LogP contribution in [-0.2, 0) is 11.4 Å². The number of benzene rings is 3. The van der Waals surface area contributed by atoms with E-state index in [0.717, 1.165) is 27.2 Å². The molecule has 0 aliphatic carbocycles. The van der Waals surface area contributed by atoms with E-state index in [4.69, 9.17) is 20.8 Å². The molecule has 4 rings (SSSR count). The Morgan fingerprint density at radius 1 is 0.969 bits per heavy atom. The molecular formula is C23H18ClN3O3S2. The third-order valence-electron chi connectivity index (χ3n) is 4.10. The Balaban J connectivity index is 1.29. The van der Waals surface area contributed by atoms with Crippen molar-refractivity contribution in [1.82, 2.24) is 10.2 Å². The average molecular weight is 484 g/mol. The quantitative estimate of drug-likeness (QED) is 0.284. The van der Waals surface area contributed by atoms with Crippen LogP contribution in [0, 0.1) is 0 Å². The second kappa shape index (κ2) is 11.1. The molecule has 0 aliphatic rings. The number of halogens is 1. The Kier molecular flexibility index (Phi) is 7.71. The Morgan fingerprint density at radius 3 is 2.56 bits per heavy atom. The third-order valence-corrected chi connectivity index (χ3v) is 6.31. The van der Waals surface area contributed by atoms with E-state index in [1.807, 2.05) is 66.7 Å². The second-order valence-electron chi connectivity index (χ2n) is 6.43. The molecule has 0 atom stereocenters. The van der Waals surface area contributed by atoms with Gasteiger partial charge in [0.15, 0.2) is 6.61 Å². The van der Waals surface area contributed by atoms with Crippen LogP contribution < -0.4 is 10.1 Å². The molecule has 0 saturated carbocycles. The van der Waals surface area contributed by atoms with Gasteiger partial charge >= 0.3 is 0 Å². The molecule has 0 saturated heterocycles. The van der Waals surface area contributed by atoms with Crippen molar-refractivity contribution in [2.24, 2.45) is 0 Å². The topological polar surface area (TPSA) is 77.2 Å². The van der Waals surface area contributed by atoms with Crippen molar-refractivity contribution in [3.63, 3.8) is 0 Å². The summed E-state index contributed by atoms with van der Waals surface area (Å²) < 4.78 is 11.1. The molecule has 0 spiro atoms. The summed E-state index contributed by atoms with van der Waals surface area (Å²) in [5, 5.41) is 11.6. The number of hydrogen-bond donors (Lipinski definition) is 1. The van der Waals surface area contributed by atoms with Gasteiger partial charge in [0, 0.05) is 9.79 Å². The fourth-order valence-corrected chi connectivity index (χ4v) is 4.34. The highest BCUT2D eigenvalue weighted by molar-refractivity contribution is 8.00. The monoisotopic (exact) mass is 483 g/mol. The van der Waals surface area contributed by atoms with Crippen LogP contribution in [0.3, 0.4) is 0 Å². The van der Waals surface area contributed by atoms with E-state index < -0.39 is 0 Å². The van der Waals surface area contributed by atoms with Crippen molar-refractivity contribution in [3.8, 4) is 5.75 Å². The van der Waals surface area contributed by atoms with E-state index in [2.05, 4.69) is 15.5 Å². The van der Waals surface area contributed by atoms with Crippen molar-refractivity contribution >= 4 is 46.7 Å². The molecule has 4 aromatic rings. The highest BCUT2D eigenvalue weighted by Crippen LogP contribution is 2.33. The van der Waals surface area contributed by atoms with Crippen LogP contribution in [0.2, 0.25) is 5.02 Å². The first kappa shape index (κ1) is 22.3. The van der Waals surface area contributed by atoms with Crippen molar-refractivity contribution in [2.75, 3.05) is 11.1 Å². The van der Waals surface area contributed by atoms with Crippen LogP contribution in [0.5, 0.6) is 5.75 Å². The molecule has 1 aromatic heterocycles. The van der Waals surface area contributed by atoms with E-state index in [1.165, 1.54) is 0 Å². The highest BCUT2D eigenvalue weighted by Gasteiger charge is 2.13. The number of carbonyl (C=O) groups excluding carboxylic acids is 1. The highest BCUT2D eigenvalue weighted by atomic mass is 35.5. The van der Waals surface area contributed by atoms with Gasteiger partial charge in [-0.2, -0.15) is 0 Å². The first-order chi connectivity index (χ1) is 15.7. The van der Waals surface area contributed by atoms with Gasteiger partial charge in [0.2, 0.25) is 5.91 Å². The summed E-state index contributed by atoms with van der Waals surface area (Å²) in [7, 11) is 0. The number of nitrogens with one attached hydrogen (secondary N) is 1. The minimum Gasteiger partial charge on any atom is -0.482 e. The Hall–Kier alpha value is -2.94. The number of carbonyl (C=O) groups is 1. The van der Waals surface area contributed by atoms with Crippen LogP contribution >= 0.6 is 35.1 Å². The van der Waals surface area contributed by atoms with Gasteiger partial charge in [-0.3, -0.25) is 4.79 Å². The molecule has 0 aliphatic heterocycles. The predicted octanol–water partition coefficient (Wildman–Crippen LogP) is 6.18. The van der Waals surface area contributed by atoms with E-state index in [0.29, 0.717) is 21.9 Å². The SMILES string of the molecule is O=C(CSc1nnc(COc2ccccc2Cl)o1)Nc1ccccc1Sc1ccccc1. The van der Waals surface area contributed by atoms with Crippen molar-refractivity contribution in [3.05, 3.63) is 89.8 Å². The molecule has 1 amide bonds. The summed E-state index contributed by atoms with van der Waals surface area (Å²) in [5.74, 6) is 0.811. The molecule has 1 N–H and O–H groups in total. The van der Waals surface area contributed by atoms with Gasteiger partial charge in [-0.15, -0.1) is 10.2 Å². The number of rotatable bonds is 9. The minimum atomic E-state index is -0.164. The number of ether oxygens (including phenoxy) is 1. The average Bonchev–Trinajstić information content (AvgIpc) is 3.27. The lowest BCUT2D eigenvalue weighted by Crippen LogP contribution is -2.14. The predicted molar refractivity (Wildman–Crippen MR) is 126 cm³/mol. The standard InChI is InChI=1S/C23H18ClN3O3S2/c24-17-10-4-6-12-19(17)29-14-22-26-27-23(30-22)31-15-21(28)25-18-11-5-7-13-20(18)32-16-8-2-1-3-9-16/h1-13H,14-15H2,(H,25,28). The minimum absolute atomic E-state index is 0.0908. The van der Waals surface area contributed by atoms with Crippen molar-refractivity contribution < 1.29 is 13.9 Å². The second-order valence-corrected chi connectivity index (χ2v) is 8.88. The number of para-hydroxylation sites is 2. The fourth-order valence-electron chi connectivity index (χ4n) is 2.64. The van der Waals surface area contributed by atoms with Crippen LogP contribution in [0.4, 0.5) is 5.69 Å². The number of thioether (sulfide) groups is 1. The van der Waals surface area contributed by atoms with E-state index in [-0.39, 0.29) is 18.3 Å². The maximum absolute atomic E-state index is 12.5. The van der Waals surface area contributed by atoms with Gasteiger partial charge in [0.25, 0.3) is 11.1 Å². The summed E-state index contributed by atoms with van der Waals surface area (Å²) in [6.45, 7) is 0.0908. The largest absolute Gasteiger partial charge is 0.482 e. The first-order valence-electron chi connectivity index (χ1n) is 9.61. The lowest BCUT2D eigenvalue weighted by atomic mass is 10.3. The number of nitrogens with zero attached hydrogens (tertiary/aromatic N) is 2. The van der Waals surface area contributed by atoms with E-state index in [9.17, 15) is 4.79 Å². The van der Waals surface area contributed by atoms with Gasteiger partial charge in [-0.25, -0.2) is 0 Å². The Labute approximate surface area is 198 Å².